The number of amides is 3. The van der Waals surface area contributed by atoms with E-state index in [2.05, 4.69) is 0 Å². The molecule has 0 radical (unpaired) electrons. The maximum Gasteiger partial charge on any atom is 0.409 e. The maximum atomic E-state index is 12.6. The van der Waals surface area contributed by atoms with Gasteiger partial charge in [0.05, 0.1) is 7.11 Å². The fourth-order valence-electron chi connectivity index (χ4n) is 3.15. The van der Waals surface area contributed by atoms with Gasteiger partial charge in [0.15, 0.2) is 0 Å². The van der Waals surface area contributed by atoms with Crippen LogP contribution in [0.5, 0.6) is 0 Å². The van der Waals surface area contributed by atoms with Crippen LogP contribution >= 0.6 is 0 Å². The Morgan fingerprint density at radius 3 is 2.05 bits per heavy atom. The summed E-state index contributed by atoms with van der Waals surface area (Å²) in [5.74, 6) is 0.240. The molecule has 7 heteroatoms. The zero-order valence-corrected chi connectivity index (χ0v) is 13.4. The molecule has 2 heterocycles. The molecule has 2 fully saturated rings. The van der Waals surface area contributed by atoms with Gasteiger partial charge in [0.2, 0.25) is 11.8 Å². The predicted molar refractivity (Wildman–Crippen MR) is 80.2 cm³/mol. The van der Waals surface area contributed by atoms with Crippen LogP contribution in [0.25, 0.3) is 0 Å². The lowest BCUT2D eigenvalue weighted by molar-refractivity contribution is -0.140. The first-order valence-electron chi connectivity index (χ1n) is 7.90. The highest BCUT2D eigenvalue weighted by Crippen LogP contribution is 2.20. The van der Waals surface area contributed by atoms with Crippen molar-refractivity contribution >= 4 is 17.9 Å². The lowest BCUT2D eigenvalue weighted by Crippen LogP contribution is -2.45. The number of methoxy groups -OCH3 is 1. The van der Waals surface area contributed by atoms with Gasteiger partial charge in [0, 0.05) is 52.1 Å². The van der Waals surface area contributed by atoms with Crippen LogP contribution < -0.4 is 0 Å². The summed E-state index contributed by atoms with van der Waals surface area (Å²) >= 11 is 0. The molecule has 0 aromatic carbocycles. The zero-order valence-electron chi connectivity index (χ0n) is 13.4. The SMILES string of the molecule is COC(=O)N1CCCN(C(=O)C2CCN(C(C)=O)CC2)CC1. The van der Waals surface area contributed by atoms with E-state index in [1.807, 2.05) is 4.90 Å². The summed E-state index contributed by atoms with van der Waals surface area (Å²) in [7, 11) is 1.37. The minimum Gasteiger partial charge on any atom is -0.453 e. The maximum absolute atomic E-state index is 12.6. The van der Waals surface area contributed by atoms with Crippen molar-refractivity contribution in [2.75, 3.05) is 46.4 Å². The van der Waals surface area contributed by atoms with E-state index < -0.39 is 0 Å². The predicted octanol–water partition coefficient (Wildman–Crippen LogP) is 0.546. The second-order valence-corrected chi connectivity index (χ2v) is 5.92. The summed E-state index contributed by atoms with van der Waals surface area (Å²) < 4.78 is 4.74. The quantitative estimate of drug-likeness (QED) is 0.709. The third-order valence-electron chi connectivity index (χ3n) is 4.53. The van der Waals surface area contributed by atoms with Crippen LogP contribution in [0.4, 0.5) is 4.79 Å². The number of likely N-dealkylation sites (tertiary alicyclic amines) is 1. The zero-order chi connectivity index (χ0) is 16.1. The largest absolute Gasteiger partial charge is 0.453 e. The summed E-state index contributed by atoms with van der Waals surface area (Å²) in [4.78, 5) is 40.8. The highest BCUT2D eigenvalue weighted by Gasteiger charge is 2.30. The fourth-order valence-corrected chi connectivity index (χ4v) is 3.15. The third-order valence-corrected chi connectivity index (χ3v) is 4.53. The molecule has 7 nitrogen and oxygen atoms in total. The lowest BCUT2D eigenvalue weighted by Gasteiger charge is -2.33. The molecule has 2 rings (SSSR count). The van der Waals surface area contributed by atoms with Gasteiger partial charge in [0.25, 0.3) is 0 Å². The second-order valence-electron chi connectivity index (χ2n) is 5.92. The Balaban J connectivity index is 1.85. The fraction of sp³-hybridized carbons (Fsp3) is 0.800. The van der Waals surface area contributed by atoms with Crippen molar-refractivity contribution in [2.45, 2.75) is 26.2 Å². The van der Waals surface area contributed by atoms with E-state index in [-0.39, 0.29) is 23.8 Å². The van der Waals surface area contributed by atoms with E-state index in [9.17, 15) is 14.4 Å². The van der Waals surface area contributed by atoms with E-state index in [4.69, 9.17) is 4.74 Å². The molecule has 2 aliphatic heterocycles. The Kier molecular flexibility index (Phi) is 5.63. The Bertz CT molecular complexity index is 433. The Morgan fingerprint density at radius 1 is 0.864 bits per heavy atom. The molecule has 2 saturated heterocycles. The van der Waals surface area contributed by atoms with Crippen LogP contribution in [-0.4, -0.2) is 79.0 Å². The molecule has 22 heavy (non-hydrogen) atoms. The first-order valence-corrected chi connectivity index (χ1v) is 7.90. The molecule has 0 saturated carbocycles. The molecule has 2 aliphatic rings. The summed E-state index contributed by atoms with van der Waals surface area (Å²) in [6.07, 6.45) is 1.90. The van der Waals surface area contributed by atoms with Crippen molar-refractivity contribution in [2.24, 2.45) is 5.92 Å². The number of piperidine rings is 1. The van der Waals surface area contributed by atoms with Crippen LogP contribution in [0.1, 0.15) is 26.2 Å². The van der Waals surface area contributed by atoms with Gasteiger partial charge in [0.1, 0.15) is 0 Å². The molecule has 0 unspecified atom stereocenters. The standard InChI is InChI=1S/C15H25N3O4/c1-12(19)16-8-4-13(5-9-16)14(20)17-6-3-7-18(11-10-17)15(21)22-2/h13H,3-11H2,1-2H3. The van der Waals surface area contributed by atoms with Crippen molar-refractivity contribution in [3.05, 3.63) is 0 Å². The molecule has 0 spiro atoms. The average Bonchev–Trinajstić information content (AvgIpc) is 2.79. The van der Waals surface area contributed by atoms with E-state index in [1.54, 1.807) is 16.7 Å². The number of rotatable bonds is 1. The Morgan fingerprint density at radius 2 is 1.45 bits per heavy atom. The van der Waals surface area contributed by atoms with Crippen LogP contribution in [0.15, 0.2) is 0 Å². The van der Waals surface area contributed by atoms with Crippen LogP contribution in [-0.2, 0) is 14.3 Å². The van der Waals surface area contributed by atoms with Gasteiger partial charge in [-0.2, -0.15) is 0 Å². The normalized spacial score (nSPS) is 20.5. The van der Waals surface area contributed by atoms with Crippen LogP contribution in [0.3, 0.4) is 0 Å². The van der Waals surface area contributed by atoms with Crippen molar-refractivity contribution in [3.63, 3.8) is 0 Å². The van der Waals surface area contributed by atoms with Crippen molar-refractivity contribution in [3.8, 4) is 0 Å². The van der Waals surface area contributed by atoms with Gasteiger partial charge in [-0.1, -0.05) is 0 Å². The smallest absolute Gasteiger partial charge is 0.409 e. The molecule has 0 aromatic rings. The third kappa shape index (κ3) is 3.90. The molecule has 0 bridgehead atoms. The minimum atomic E-state index is -0.330. The van der Waals surface area contributed by atoms with Crippen molar-refractivity contribution < 1.29 is 19.1 Å². The first kappa shape index (κ1) is 16.6. The lowest BCUT2D eigenvalue weighted by atomic mass is 9.95. The first-order chi connectivity index (χ1) is 10.5. The van der Waals surface area contributed by atoms with Gasteiger partial charge in [-0.15, -0.1) is 0 Å². The number of carbonyl (C=O) groups is 3. The highest BCUT2D eigenvalue weighted by atomic mass is 16.5. The van der Waals surface area contributed by atoms with Gasteiger partial charge < -0.3 is 19.4 Å². The van der Waals surface area contributed by atoms with Gasteiger partial charge >= 0.3 is 6.09 Å². The van der Waals surface area contributed by atoms with Crippen LogP contribution in [0.2, 0.25) is 0 Å². The number of hydrogen-bond acceptors (Lipinski definition) is 4. The van der Waals surface area contributed by atoms with Crippen molar-refractivity contribution in [1.82, 2.24) is 14.7 Å². The number of ether oxygens (including phenoxy) is 1. The summed E-state index contributed by atoms with van der Waals surface area (Å²) in [6.45, 7) is 5.27. The molecule has 0 atom stereocenters. The average molecular weight is 311 g/mol. The van der Waals surface area contributed by atoms with Gasteiger partial charge in [-0.3, -0.25) is 9.59 Å². The molecule has 0 N–H and O–H groups in total. The number of hydrogen-bond donors (Lipinski definition) is 0. The van der Waals surface area contributed by atoms with E-state index in [0.29, 0.717) is 39.3 Å². The van der Waals surface area contributed by atoms with E-state index in [0.717, 1.165) is 19.3 Å². The topological polar surface area (TPSA) is 70.2 Å². The number of nitrogens with zero attached hydrogens (tertiary/aromatic N) is 3. The summed E-state index contributed by atoms with van der Waals surface area (Å²) in [6, 6.07) is 0. The second kappa shape index (κ2) is 7.47. The monoisotopic (exact) mass is 311 g/mol. The molecular weight excluding hydrogens is 286 g/mol. The molecule has 124 valence electrons. The molecule has 0 aliphatic carbocycles. The number of carbonyl (C=O) groups excluding carboxylic acids is 3. The molecule has 3 amide bonds. The summed E-state index contributed by atoms with van der Waals surface area (Å²) in [5.41, 5.74) is 0. The minimum absolute atomic E-state index is 0.000256. The van der Waals surface area contributed by atoms with Crippen LogP contribution in [0, 0.1) is 5.92 Å². The Labute approximate surface area is 131 Å². The summed E-state index contributed by atoms with van der Waals surface area (Å²) in [5, 5.41) is 0. The molecule has 0 aromatic heterocycles. The molecular formula is C15H25N3O4. The van der Waals surface area contributed by atoms with Gasteiger partial charge in [-0.25, -0.2) is 4.79 Å². The van der Waals surface area contributed by atoms with Gasteiger partial charge in [-0.05, 0) is 19.3 Å². The Hall–Kier alpha value is -1.79. The van der Waals surface area contributed by atoms with E-state index >= 15 is 0 Å². The van der Waals surface area contributed by atoms with E-state index in [1.165, 1.54) is 7.11 Å². The van der Waals surface area contributed by atoms with Crippen molar-refractivity contribution in [1.29, 1.82) is 0 Å². The highest BCUT2D eigenvalue weighted by molar-refractivity contribution is 5.80.